The monoisotopic (exact) mass is 248 g/mol. The average molecular weight is 248 g/mol. The summed E-state index contributed by atoms with van der Waals surface area (Å²) < 4.78 is 5.77. The van der Waals surface area contributed by atoms with Crippen LogP contribution in [0.4, 0.5) is 0 Å². The van der Waals surface area contributed by atoms with Crippen LogP contribution in [0.1, 0.15) is 6.42 Å². The van der Waals surface area contributed by atoms with Crippen molar-refractivity contribution in [3.8, 4) is 0 Å². The fourth-order valence-corrected chi connectivity index (χ4v) is 1.95. The molecule has 1 aliphatic heterocycles. The van der Waals surface area contributed by atoms with E-state index in [0.717, 1.165) is 28.3 Å². The highest BCUT2D eigenvalue weighted by Gasteiger charge is 2.07. The lowest BCUT2D eigenvalue weighted by molar-refractivity contribution is 0.341. The molecule has 0 spiro atoms. The second kappa shape index (κ2) is 4.92. The standard InChI is InChI=1S/C16H12N2O/c1-12-9-15-14(10-17-11-18-15)8-7-13-5-3-2-4-6-16(13)19-12/h2-3,5-6,8-11H,1,7H2/b14-8-,15-9+. The van der Waals surface area contributed by atoms with E-state index < -0.39 is 0 Å². The molecule has 0 N–H and O–H groups in total. The van der Waals surface area contributed by atoms with Crippen LogP contribution < -0.4 is 10.6 Å². The summed E-state index contributed by atoms with van der Waals surface area (Å²) in [6, 6.07) is 0. The molecule has 0 amide bonds. The summed E-state index contributed by atoms with van der Waals surface area (Å²) in [7, 11) is 0. The lowest BCUT2D eigenvalue weighted by atomic mass is 10.1. The molecule has 1 aromatic heterocycles. The van der Waals surface area contributed by atoms with Crippen LogP contribution in [0.3, 0.4) is 0 Å². The van der Waals surface area contributed by atoms with Gasteiger partial charge in [-0.05, 0) is 18.1 Å². The first-order valence-corrected chi connectivity index (χ1v) is 6.00. The Labute approximate surface area is 111 Å². The van der Waals surface area contributed by atoms with Crippen LogP contribution >= 0.6 is 0 Å². The Hall–Kier alpha value is -2.64. The molecule has 0 saturated carbocycles. The van der Waals surface area contributed by atoms with Crippen molar-refractivity contribution in [2.45, 2.75) is 6.42 Å². The van der Waals surface area contributed by atoms with E-state index in [9.17, 15) is 0 Å². The van der Waals surface area contributed by atoms with Gasteiger partial charge in [0.2, 0.25) is 0 Å². The van der Waals surface area contributed by atoms with Gasteiger partial charge in [-0.1, -0.05) is 24.8 Å². The molecule has 0 saturated heterocycles. The number of allylic oxidation sites excluding steroid dienone is 5. The first-order valence-electron chi connectivity index (χ1n) is 6.00. The Balaban J connectivity index is 2.18. The van der Waals surface area contributed by atoms with E-state index in [4.69, 9.17) is 4.74 Å². The van der Waals surface area contributed by atoms with Gasteiger partial charge in [0.1, 0.15) is 17.8 Å². The van der Waals surface area contributed by atoms with Crippen LogP contribution in [0.2, 0.25) is 0 Å². The Morgan fingerprint density at radius 1 is 1.37 bits per heavy atom. The summed E-state index contributed by atoms with van der Waals surface area (Å²) in [5.41, 5.74) is 4.12. The van der Waals surface area contributed by atoms with E-state index >= 15 is 0 Å². The van der Waals surface area contributed by atoms with Crippen molar-refractivity contribution in [2.75, 3.05) is 0 Å². The van der Waals surface area contributed by atoms with Gasteiger partial charge in [0, 0.05) is 23.6 Å². The molecule has 92 valence electrons. The number of hydrogen-bond acceptors (Lipinski definition) is 3. The lowest BCUT2D eigenvalue weighted by Gasteiger charge is -2.08. The zero-order chi connectivity index (χ0) is 13.1. The summed E-state index contributed by atoms with van der Waals surface area (Å²) in [6.45, 7) is 3.91. The highest BCUT2D eigenvalue weighted by atomic mass is 16.5. The second-order valence-corrected chi connectivity index (χ2v) is 4.21. The van der Waals surface area contributed by atoms with Gasteiger partial charge in [0.15, 0.2) is 0 Å². The quantitative estimate of drug-likeness (QED) is 0.653. The van der Waals surface area contributed by atoms with Crippen molar-refractivity contribution in [3.63, 3.8) is 0 Å². The van der Waals surface area contributed by atoms with Crippen molar-refractivity contribution in [2.24, 2.45) is 0 Å². The Morgan fingerprint density at radius 3 is 3.26 bits per heavy atom. The van der Waals surface area contributed by atoms with Crippen LogP contribution in [-0.4, -0.2) is 9.97 Å². The minimum Gasteiger partial charge on any atom is -0.457 e. The highest BCUT2D eigenvalue weighted by molar-refractivity contribution is 5.47. The Bertz CT molecular complexity index is 775. The van der Waals surface area contributed by atoms with E-state index in [1.54, 1.807) is 6.20 Å². The van der Waals surface area contributed by atoms with Gasteiger partial charge >= 0.3 is 0 Å². The fourth-order valence-electron chi connectivity index (χ4n) is 1.95. The molecule has 3 rings (SSSR count). The molecule has 0 atom stereocenters. The molecular weight excluding hydrogens is 236 g/mol. The van der Waals surface area contributed by atoms with Crippen LogP contribution in [0.5, 0.6) is 0 Å². The molecule has 1 aromatic rings. The Morgan fingerprint density at radius 2 is 2.32 bits per heavy atom. The molecule has 19 heavy (non-hydrogen) atoms. The maximum Gasteiger partial charge on any atom is 0.138 e. The average Bonchev–Trinajstić information content (AvgIpc) is 2.59. The number of hydrogen-bond donors (Lipinski definition) is 0. The summed E-state index contributed by atoms with van der Waals surface area (Å²) >= 11 is 0. The minimum atomic E-state index is 0.552. The third kappa shape index (κ3) is 2.46. The third-order valence-electron chi connectivity index (χ3n) is 2.87. The number of fused-ring (bicyclic) bond motifs is 1. The third-order valence-corrected chi connectivity index (χ3v) is 2.87. The topological polar surface area (TPSA) is 35.0 Å². The van der Waals surface area contributed by atoms with E-state index in [0.29, 0.717) is 5.76 Å². The predicted molar refractivity (Wildman–Crippen MR) is 73.9 cm³/mol. The van der Waals surface area contributed by atoms with E-state index in [1.807, 2.05) is 30.4 Å². The molecule has 0 bridgehead atoms. The van der Waals surface area contributed by atoms with Gasteiger partial charge in [-0.25, -0.2) is 9.97 Å². The first-order chi connectivity index (χ1) is 9.33. The zero-order valence-corrected chi connectivity index (χ0v) is 10.3. The molecule has 0 fully saturated rings. The molecule has 3 nitrogen and oxygen atoms in total. The molecule has 2 aliphatic rings. The smallest absolute Gasteiger partial charge is 0.138 e. The number of ether oxygens (including phenoxy) is 1. The maximum absolute atomic E-state index is 5.77. The summed E-state index contributed by atoms with van der Waals surface area (Å²) in [5.74, 6) is 1.32. The second-order valence-electron chi connectivity index (χ2n) is 4.21. The lowest BCUT2D eigenvalue weighted by Crippen LogP contribution is -2.28. The number of nitrogens with zero attached hydrogens (tertiary/aromatic N) is 2. The van der Waals surface area contributed by atoms with Gasteiger partial charge in [-0.2, -0.15) is 0 Å². The SMILES string of the molecule is C=C1/C=c2/ncnc/c2=C/CC2=C(C=C=CC=C2)O1. The summed E-state index contributed by atoms with van der Waals surface area (Å²) in [5, 5.41) is 1.80. The molecule has 0 radical (unpaired) electrons. The van der Waals surface area contributed by atoms with E-state index in [1.165, 1.54) is 6.33 Å². The van der Waals surface area contributed by atoms with Crippen molar-refractivity contribution < 1.29 is 4.74 Å². The summed E-state index contributed by atoms with van der Waals surface area (Å²) in [6.07, 6.45) is 15.6. The fraction of sp³-hybridized carbons (Fsp3) is 0.0625. The van der Waals surface area contributed by atoms with Crippen LogP contribution in [0.15, 0.2) is 66.2 Å². The van der Waals surface area contributed by atoms with Crippen molar-refractivity contribution >= 4 is 12.2 Å². The van der Waals surface area contributed by atoms with Crippen molar-refractivity contribution in [1.82, 2.24) is 9.97 Å². The molecule has 3 heteroatoms. The normalized spacial score (nSPS) is 20.5. The van der Waals surface area contributed by atoms with Crippen molar-refractivity contribution in [3.05, 3.63) is 76.8 Å². The molecule has 1 aliphatic carbocycles. The largest absolute Gasteiger partial charge is 0.457 e. The molecule has 2 heterocycles. The van der Waals surface area contributed by atoms with Gasteiger partial charge in [0.05, 0.1) is 5.35 Å². The van der Waals surface area contributed by atoms with Crippen LogP contribution in [0.25, 0.3) is 12.2 Å². The molecule has 0 unspecified atom stereocenters. The maximum atomic E-state index is 5.77. The predicted octanol–water partition coefficient (Wildman–Crippen LogP) is 1.51. The first kappa shape index (κ1) is 11.5. The summed E-state index contributed by atoms with van der Waals surface area (Å²) in [4.78, 5) is 8.30. The molecular formula is C16H12N2O. The zero-order valence-electron chi connectivity index (χ0n) is 10.3. The van der Waals surface area contributed by atoms with Crippen LogP contribution in [-0.2, 0) is 4.74 Å². The van der Waals surface area contributed by atoms with E-state index in [-0.39, 0.29) is 0 Å². The molecule has 0 aromatic carbocycles. The highest BCUT2D eigenvalue weighted by Crippen LogP contribution is 2.19. The van der Waals surface area contributed by atoms with Gasteiger partial charge in [-0.3, -0.25) is 0 Å². The number of rotatable bonds is 0. The minimum absolute atomic E-state index is 0.552. The van der Waals surface area contributed by atoms with Gasteiger partial charge < -0.3 is 4.74 Å². The Kier molecular flexibility index (Phi) is 2.97. The van der Waals surface area contributed by atoms with Gasteiger partial charge in [-0.15, -0.1) is 5.73 Å². The van der Waals surface area contributed by atoms with Gasteiger partial charge in [0.25, 0.3) is 0 Å². The van der Waals surface area contributed by atoms with Crippen LogP contribution in [0, 0.1) is 0 Å². The van der Waals surface area contributed by atoms with E-state index in [2.05, 4.69) is 28.4 Å². The number of aromatic nitrogens is 2. The van der Waals surface area contributed by atoms with Crippen molar-refractivity contribution in [1.29, 1.82) is 0 Å².